The van der Waals surface area contributed by atoms with Crippen molar-refractivity contribution in [2.24, 2.45) is 5.92 Å². The van der Waals surface area contributed by atoms with Crippen LogP contribution in [0.3, 0.4) is 0 Å². The van der Waals surface area contributed by atoms with E-state index in [2.05, 4.69) is 10.4 Å². The molecule has 0 aliphatic carbocycles. The van der Waals surface area contributed by atoms with E-state index in [9.17, 15) is 22.8 Å². The smallest absolute Gasteiger partial charge is 0.230 e. The minimum absolute atomic E-state index is 0.0309. The minimum atomic E-state index is -0.866. The quantitative estimate of drug-likeness (QED) is 0.710. The standard InChI is InChI=1S/C21H17F3N4O2/c1-12-8-19(28(26-12)16-5-2-14(22)3-6-16)25-21(30)13-9-20(29)27(11-13)18-7-4-15(23)10-17(18)24/h2-8,10,13H,9,11H2,1H3,(H,25,30). The highest BCUT2D eigenvalue weighted by atomic mass is 19.1. The van der Waals surface area contributed by atoms with Crippen LogP contribution in [0.2, 0.25) is 0 Å². The Morgan fingerprint density at radius 1 is 1.07 bits per heavy atom. The van der Waals surface area contributed by atoms with Gasteiger partial charge in [-0.05, 0) is 43.3 Å². The van der Waals surface area contributed by atoms with Crippen LogP contribution in [-0.4, -0.2) is 28.1 Å². The molecule has 2 heterocycles. The van der Waals surface area contributed by atoms with Crippen molar-refractivity contribution in [3.63, 3.8) is 0 Å². The molecular formula is C21H17F3N4O2. The number of hydrogen-bond donors (Lipinski definition) is 1. The van der Waals surface area contributed by atoms with Crippen molar-refractivity contribution in [3.8, 4) is 5.69 Å². The summed E-state index contributed by atoms with van der Waals surface area (Å²) in [5.74, 6) is -3.23. The summed E-state index contributed by atoms with van der Waals surface area (Å²) in [5, 5.41) is 7.04. The number of amides is 2. The van der Waals surface area contributed by atoms with Gasteiger partial charge in [0.15, 0.2) is 0 Å². The Labute approximate surface area is 169 Å². The van der Waals surface area contributed by atoms with Gasteiger partial charge in [-0.25, -0.2) is 17.9 Å². The van der Waals surface area contributed by atoms with E-state index in [1.54, 1.807) is 13.0 Å². The molecule has 9 heteroatoms. The lowest BCUT2D eigenvalue weighted by molar-refractivity contribution is -0.122. The molecule has 2 aromatic carbocycles. The molecule has 1 aliphatic rings. The normalized spacial score (nSPS) is 16.2. The van der Waals surface area contributed by atoms with E-state index in [4.69, 9.17) is 0 Å². The van der Waals surface area contributed by atoms with Crippen LogP contribution in [0.1, 0.15) is 12.1 Å². The monoisotopic (exact) mass is 414 g/mol. The fraction of sp³-hybridized carbons (Fsp3) is 0.190. The van der Waals surface area contributed by atoms with E-state index in [0.717, 1.165) is 11.0 Å². The van der Waals surface area contributed by atoms with Crippen LogP contribution in [-0.2, 0) is 9.59 Å². The molecule has 2 amide bonds. The average Bonchev–Trinajstić information content (AvgIpc) is 3.25. The largest absolute Gasteiger partial charge is 0.310 e. The zero-order chi connectivity index (χ0) is 21.4. The number of anilines is 2. The Morgan fingerprint density at radius 2 is 1.77 bits per heavy atom. The molecule has 0 bridgehead atoms. The molecule has 4 rings (SSSR count). The first kappa shape index (κ1) is 19.7. The molecule has 0 spiro atoms. The third-order valence-corrected chi connectivity index (χ3v) is 4.85. The van der Waals surface area contributed by atoms with Crippen molar-refractivity contribution in [2.75, 3.05) is 16.8 Å². The molecule has 1 atom stereocenters. The highest BCUT2D eigenvalue weighted by Gasteiger charge is 2.36. The third kappa shape index (κ3) is 3.78. The second-order valence-corrected chi connectivity index (χ2v) is 7.05. The van der Waals surface area contributed by atoms with Gasteiger partial charge in [0, 0.05) is 25.1 Å². The van der Waals surface area contributed by atoms with E-state index >= 15 is 0 Å². The zero-order valence-corrected chi connectivity index (χ0v) is 15.9. The van der Waals surface area contributed by atoms with Gasteiger partial charge in [0.1, 0.15) is 23.3 Å². The molecule has 0 saturated carbocycles. The van der Waals surface area contributed by atoms with Crippen molar-refractivity contribution in [3.05, 3.63) is 71.7 Å². The molecule has 1 aliphatic heterocycles. The SMILES string of the molecule is Cc1cc(NC(=O)C2CC(=O)N(c3ccc(F)cc3F)C2)n(-c2ccc(F)cc2)n1. The second kappa shape index (κ2) is 7.66. The van der Waals surface area contributed by atoms with Gasteiger partial charge in [-0.3, -0.25) is 9.59 Å². The van der Waals surface area contributed by atoms with Crippen LogP contribution in [0.5, 0.6) is 0 Å². The summed E-state index contributed by atoms with van der Waals surface area (Å²) >= 11 is 0. The highest BCUT2D eigenvalue weighted by molar-refractivity contribution is 6.03. The number of hydrogen-bond acceptors (Lipinski definition) is 3. The summed E-state index contributed by atoms with van der Waals surface area (Å²) in [5.41, 5.74) is 1.12. The van der Waals surface area contributed by atoms with Crippen molar-refractivity contribution in [2.45, 2.75) is 13.3 Å². The first-order valence-electron chi connectivity index (χ1n) is 9.20. The van der Waals surface area contributed by atoms with E-state index in [1.165, 1.54) is 35.0 Å². The van der Waals surface area contributed by atoms with Gasteiger partial charge in [0.2, 0.25) is 11.8 Å². The van der Waals surface area contributed by atoms with Crippen molar-refractivity contribution in [1.82, 2.24) is 9.78 Å². The van der Waals surface area contributed by atoms with Crippen LogP contribution >= 0.6 is 0 Å². The Bertz CT molecular complexity index is 1130. The Kier molecular flexibility index (Phi) is 5.03. The van der Waals surface area contributed by atoms with E-state index in [-0.39, 0.29) is 18.7 Å². The van der Waals surface area contributed by atoms with Crippen molar-refractivity contribution in [1.29, 1.82) is 0 Å². The van der Waals surface area contributed by atoms with E-state index in [1.807, 2.05) is 0 Å². The van der Waals surface area contributed by atoms with Crippen molar-refractivity contribution < 1.29 is 22.8 Å². The number of rotatable bonds is 4. The molecule has 0 radical (unpaired) electrons. The lowest BCUT2D eigenvalue weighted by Gasteiger charge is -2.17. The molecule has 6 nitrogen and oxygen atoms in total. The first-order valence-corrected chi connectivity index (χ1v) is 9.20. The van der Waals surface area contributed by atoms with E-state index in [0.29, 0.717) is 23.3 Å². The van der Waals surface area contributed by atoms with Crippen LogP contribution in [0.15, 0.2) is 48.5 Å². The average molecular weight is 414 g/mol. The second-order valence-electron chi connectivity index (χ2n) is 7.05. The van der Waals surface area contributed by atoms with Crippen molar-refractivity contribution >= 4 is 23.3 Å². The Morgan fingerprint density at radius 3 is 2.47 bits per heavy atom. The number of aromatic nitrogens is 2. The maximum atomic E-state index is 14.0. The van der Waals surface area contributed by atoms with Gasteiger partial charge >= 0.3 is 0 Å². The molecule has 1 aromatic heterocycles. The van der Waals surface area contributed by atoms with Crippen LogP contribution in [0.25, 0.3) is 5.69 Å². The summed E-state index contributed by atoms with van der Waals surface area (Å²) in [6, 6.07) is 10.2. The van der Waals surface area contributed by atoms with Gasteiger partial charge in [-0.1, -0.05) is 0 Å². The summed E-state index contributed by atoms with van der Waals surface area (Å²) in [6.45, 7) is 1.71. The molecule has 3 aromatic rings. The number of aryl methyl sites for hydroxylation is 1. The number of nitrogens with one attached hydrogen (secondary N) is 1. The predicted octanol–water partition coefficient (Wildman–Crippen LogP) is 3.59. The number of carbonyl (C=O) groups is 2. The van der Waals surface area contributed by atoms with E-state index < -0.39 is 35.2 Å². The molecule has 154 valence electrons. The van der Waals surface area contributed by atoms with Crippen LogP contribution in [0, 0.1) is 30.3 Å². The lowest BCUT2D eigenvalue weighted by Crippen LogP contribution is -2.29. The summed E-state index contributed by atoms with van der Waals surface area (Å²) in [4.78, 5) is 26.3. The fourth-order valence-corrected chi connectivity index (χ4v) is 3.41. The number of halogens is 3. The summed E-state index contributed by atoms with van der Waals surface area (Å²) < 4.78 is 41.9. The predicted molar refractivity (Wildman–Crippen MR) is 104 cm³/mol. The number of benzene rings is 2. The third-order valence-electron chi connectivity index (χ3n) is 4.85. The Hall–Kier alpha value is -3.62. The van der Waals surface area contributed by atoms with Gasteiger partial charge < -0.3 is 10.2 Å². The molecule has 1 saturated heterocycles. The molecule has 1 unspecified atom stereocenters. The van der Waals surface area contributed by atoms with Gasteiger partial charge in [0.25, 0.3) is 0 Å². The van der Waals surface area contributed by atoms with Gasteiger partial charge in [-0.15, -0.1) is 0 Å². The molecular weight excluding hydrogens is 397 g/mol. The summed E-state index contributed by atoms with van der Waals surface area (Å²) in [7, 11) is 0. The topological polar surface area (TPSA) is 67.2 Å². The highest BCUT2D eigenvalue weighted by Crippen LogP contribution is 2.29. The Balaban J connectivity index is 1.53. The van der Waals surface area contributed by atoms with Gasteiger partial charge in [-0.2, -0.15) is 5.10 Å². The number of carbonyl (C=O) groups excluding carboxylic acids is 2. The molecule has 1 N–H and O–H groups in total. The van der Waals surface area contributed by atoms with Gasteiger partial charge in [0.05, 0.1) is 23.0 Å². The lowest BCUT2D eigenvalue weighted by atomic mass is 10.1. The zero-order valence-electron chi connectivity index (χ0n) is 15.9. The molecule has 1 fully saturated rings. The maximum Gasteiger partial charge on any atom is 0.230 e. The number of nitrogens with zero attached hydrogens (tertiary/aromatic N) is 3. The summed E-state index contributed by atoms with van der Waals surface area (Å²) in [6.07, 6.45) is -0.105. The fourth-order valence-electron chi connectivity index (χ4n) is 3.41. The minimum Gasteiger partial charge on any atom is -0.310 e. The first-order chi connectivity index (χ1) is 14.3. The van der Waals surface area contributed by atoms with Crippen LogP contribution < -0.4 is 10.2 Å². The van der Waals surface area contributed by atoms with Crippen LogP contribution in [0.4, 0.5) is 24.7 Å². The maximum absolute atomic E-state index is 14.0. The molecule has 30 heavy (non-hydrogen) atoms.